The van der Waals surface area contributed by atoms with Gasteiger partial charge in [0.2, 0.25) is 0 Å². The minimum atomic E-state index is 0.887. The van der Waals surface area contributed by atoms with Crippen molar-refractivity contribution in [3.63, 3.8) is 0 Å². The molecule has 1 aromatic carbocycles. The lowest BCUT2D eigenvalue weighted by atomic mass is 10.2. The molecule has 2 rings (SSSR count). The summed E-state index contributed by atoms with van der Waals surface area (Å²) in [5.74, 6) is 0. The first-order valence-corrected chi connectivity index (χ1v) is 8.53. The Balaban J connectivity index is 2.13. The van der Waals surface area contributed by atoms with Gasteiger partial charge < -0.3 is 0 Å². The van der Waals surface area contributed by atoms with Crippen molar-refractivity contribution in [3.05, 3.63) is 51.8 Å². The van der Waals surface area contributed by atoms with Crippen molar-refractivity contribution in [2.45, 2.75) is 20.0 Å². The smallest absolute Gasteiger partial charge is 0.0739 e. The van der Waals surface area contributed by atoms with E-state index in [1.807, 2.05) is 18.7 Å². The van der Waals surface area contributed by atoms with Gasteiger partial charge in [-0.3, -0.25) is 9.58 Å². The van der Waals surface area contributed by atoms with E-state index in [2.05, 4.69) is 72.2 Å². The molecule has 2 aromatic rings. The second-order valence-corrected chi connectivity index (χ2v) is 6.44. The zero-order valence-corrected chi connectivity index (χ0v) is 15.0. The average molecular weight is 401 g/mol. The molecular weight excluding hydrogens is 382 g/mol. The fraction of sp³-hybridized carbons (Fsp3) is 0.400. The maximum absolute atomic E-state index is 4.46. The first-order chi connectivity index (χ1) is 9.61. The number of hydrogen-bond acceptors (Lipinski definition) is 2. The maximum atomic E-state index is 4.46. The third-order valence-corrected chi connectivity index (χ3v) is 4.67. The topological polar surface area (TPSA) is 21.1 Å². The second-order valence-electron chi connectivity index (χ2n) is 4.85. The van der Waals surface area contributed by atoms with Crippen LogP contribution in [0.4, 0.5) is 0 Å². The van der Waals surface area contributed by atoms with Gasteiger partial charge in [-0.25, -0.2) is 0 Å². The Morgan fingerprint density at radius 3 is 2.45 bits per heavy atom. The van der Waals surface area contributed by atoms with E-state index in [1.165, 1.54) is 11.3 Å². The lowest BCUT2D eigenvalue weighted by Gasteiger charge is -2.21. The van der Waals surface area contributed by atoms with Crippen LogP contribution < -0.4 is 0 Å². The third-order valence-electron chi connectivity index (χ3n) is 3.28. The Morgan fingerprint density at radius 2 is 1.90 bits per heavy atom. The van der Waals surface area contributed by atoms with Crippen molar-refractivity contribution in [1.29, 1.82) is 0 Å². The summed E-state index contributed by atoms with van der Waals surface area (Å²) in [6.45, 7) is 4.87. The van der Waals surface area contributed by atoms with Gasteiger partial charge in [-0.2, -0.15) is 5.10 Å². The van der Waals surface area contributed by atoms with Gasteiger partial charge in [0.05, 0.1) is 15.9 Å². The molecule has 5 heteroatoms. The summed E-state index contributed by atoms with van der Waals surface area (Å²) in [6.07, 6.45) is 0. The van der Waals surface area contributed by atoms with Crippen LogP contribution in [-0.2, 0) is 20.1 Å². The zero-order chi connectivity index (χ0) is 14.5. The number of hydrogen-bond donors (Lipinski definition) is 0. The Hall–Kier alpha value is -0.650. The minimum Gasteiger partial charge on any atom is -0.292 e. The Kier molecular flexibility index (Phi) is 5.81. The van der Waals surface area contributed by atoms with E-state index in [0.717, 1.165) is 35.1 Å². The van der Waals surface area contributed by atoms with E-state index in [1.54, 1.807) is 0 Å². The van der Waals surface area contributed by atoms with Crippen LogP contribution in [0.5, 0.6) is 0 Å². The van der Waals surface area contributed by atoms with Crippen LogP contribution in [0.3, 0.4) is 0 Å². The standard InChI is InChI=1S/C15H19Br2N3/c1-12-15(17)14(19(2)18-12)11-20(9-8-16)10-13-6-4-3-5-7-13/h3-7H,8-11H2,1-2H3. The molecule has 0 aliphatic heterocycles. The molecule has 0 spiro atoms. The van der Waals surface area contributed by atoms with E-state index >= 15 is 0 Å². The van der Waals surface area contributed by atoms with E-state index < -0.39 is 0 Å². The number of halogens is 2. The molecule has 0 unspecified atom stereocenters. The predicted octanol–water partition coefficient (Wildman–Crippen LogP) is 3.89. The Morgan fingerprint density at radius 1 is 1.20 bits per heavy atom. The van der Waals surface area contributed by atoms with Crippen LogP contribution in [0, 0.1) is 6.92 Å². The van der Waals surface area contributed by atoms with Crippen LogP contribution in [0.1, 0.15) is 17.0 Å². The van der Waals surface area contributed by atoms with Gasteiger partial charge in [0.15, 0.2) is 0 Å². The predicted molar refractivity (Wildman–Crippen MR) is 90.0 cm³/mol. The molecule has 0 fully saturated rings. The van der Waals surface area contributed by atoms with Gasteiger partial charge in [-0.05, 0) is 28.4 Å². The van der Waals surface area contributed by atoms with Crippen molar-refractivity contribution < 1.29 is 0 Å². The summed E-state index contributed by atoms with van der Waals surface area (Å²) in [5.41, 5.74) is 3.60. The highest BCUT2D eigenvalue weighted by Gasteiger charge is 2.14. The van der Waals surface area contributed by atoms with Gasteiger partial charge in [-0.1, -0.05) is 46.3 Å². The summed E-state index contributed by atoms with van der Waals surface area (Å²) in [4.78, 5) is 2.42. The quantitative estimate of drug-likeness (QED) is 0.686. The lowest BCUT2D eigenvalue weighted by Crippen LogP contribution is -2.26. The summed E-state index contributed by atoms with van der Waals surface area (Å²) in [5, 5.41) is 5.43. The molecule has 0 aliphatic rings. The maximum Gasteiger partial charge on any atom is 0.0739 e. The molecule has 0 saturated heterocycles. The van der Waals surface area contributed by atoms with Gasteiger partial charge in [-0.15, -0.1) is 0 Å². The van der Waals surface area contributed by atoms with Gasteiger partial charge in [0.25, 0.3) is 0 Å². The number of benzene rings is 1. The van der Waals surface area contributed by atoms with Gasteiger partial charge in [0.1, 0.15) is 0 Å². The highest BCUT2D eigenvalue weighted by Crippen LogP contribution is 2.22. The van der Waals surface area contributed by atoms with E-state index in [9.17, 15) is 0 Å². The number of aryl methyl sites for hydroxylation is 2. The molecule has 0 radical (unpaired) electrons. The molecule has 0 bridgehead atoms. The first-order valence-electron chi connectivity index (χ1n) is 6.62. The minimum absolute atomic E-state index is 0.887. The molecule has 3 nitrogen and oxygen atoms in total. The van der Waals surface area contributed by atoms with Crippen molar-refractivity contribution in [3.8, 4) is 0 Å². The second kappa shape index (κ2) is 7.38. The van der Waals surface area contributed by atoms with Crippen molar-refractivity contribution >= 4 is 31.9 Å². The van der Waals surface area contributed by atoms with Gasteiger partial charge in [0, 0.05) is 32.0 Å². The molecular formula is C15H19Br2N3. The van der Waals surface area contributed by atoms with Crippen molar-refractivity contribution in [1.82, 2.24) is 14.7 Å². The SMILES string of the molecule is Cc1nn(C)c(CN(CCBr)Cc2ccccc2)c1Br. The Labute approximate surface area is 137 Å². The average Bonchev–Trinajstić information content (AvgIpc) is 2.67. The third kappa shape index (κ3) is 3.93. The van der Waals surface area contributed by atoms with E-state index in [0.29, 0.717) is 0 Å². The normalized spacial score (nSPS) is 11.2. The number of rotatable bonds is 6. The molecule has 1 aromatic heterocycles. The number of aromatic nitrogens is 2. The highest BCUT2D eigenvalue weighted by atomic mass is 79.9. The number of nitrogens with zero attached hydrogens (tertiary/aromatic N) is 3. The molecule has 20 heavy (non-hydrogen) atoms. The van der Waals surface area contributed by atoms with Crippen LogP contribution in [0.25, 0.3) is 0 Å². The van der Waals surface area contributed by atoms with Crippen LogP contribution in [-0.4, -0.2) is 26.6 Å². The van der Waals surface area contributed by atoms with Crippen molar-refractivity contribution in [2.24, 2.45) is 7.05 Å². The summed E-state index contributed by atoms with van der Waals surface area (Å²) >= 11 is 7.19. The molecule has 108 valence electrons. The van der Waals surface area contributed by atoms with Crippen LogP contribution in [0.15, 0.2) is 34.8 Å². The highest BCUT2D eigenvalue weighted by molar-refractivity contribution is 9.10. The molecule has 1 heterocycles. The van der Waals surface area contributed by atoms with Crippen LogP contribution >= 0.6 is 31.9 Å². The summed E-state index contributed by atoms with van der Waals surface area (Å²) in [7, 11) is 2.00. The van der Waals surface area contributed by atoms with E-state index in [4.69, 9.17) is 0 Å². The zero-order valence-electron chi connectivity index (χ0n) is 11.8. The molecule has 0 N–H and O–H groups in total. The van der Waals surface area contributed by atoms with Crippen LogP contribution in [0.2, 0.25) is 0 Å². The molecule has 0 saturated carbocycles. The largest absolute Gasteiger partial charge is 0.292 e. The summed E-state index contributed by atoms with van der Waals surface area (Å²) < 4.78 is 3.08. The fourth-order valence-electron chi connectivity index (χ4n) is 2.24. The Bertz CT molecular complexity index is 552. The molecule has 0 amide bonds. The number of alkyl halides is 1. The summed E-state index contributed by atoms with van der Waals surface area (Å²) in [6, 6.07) is 10.6. The first kappa shape index (κ1) is 15.7. The molecule has 0 aliphatic carbocycles. The van der Waals surface area contributed by atoms with E-state index in [-0.39, 0.29) is 0 Å². The van der Waals surface area contributed by atoms with Crippen molar-refractivity contribution in [2.75, 3.05) is 11.9 Å². The monoisotopic (exact) mass is 399 g/mol. The fourth-order valence-corrected chi connectivity index (χ4v) is 3.20. The van der Waals surface area contributed by atoms with Gasteiger partial charge >= 0.3 is 0 Å². The lowest BCUT2D eigenvalue weighted by molar-refractivity contribution is 0.266. The molecule has 0 atom stereocenters.